The highest BCUT2D eigenvalue weighted by Crippen LogP contribution is 2.24. The number of nitrogens with one attached hydrogen (secondary N) is 1. The van der Waals surface area contributed by atoms with Crippen LogP contribution in [0.3, 0.4) is 0 Å². The monoisotopic (exact) mass is 415 g/mol. The van der Waals surface area contributed by atoms with Crippen LogP contribution in [-0.2, 0) is 11.3 Å². The topological polar surface area (TPSA) is 35.6 Å². The van der Waals surface area contributed by atoms with Gasteiger partial charge in [0.15, 0.2) is 0 Å². The van der Waals surface area contributed by atoms with Gasteiger partial charge in [0.25, 0.3) is 0 Å². The summed E-state index contributed by atoms with van der Waals surface area (Å²) in [5, 5.41) is 3.47. The largest absolute Gasteiger partial charge is 0.337 e. The molecule has 0 aromatic heterocycles. The van der Waals surface area contributed by atoms with Gasteiger partial charge < -0.3 is 10.2 Å². The zero-order valence-electron chi connectivity index (χ0n) is 16.6. The first-order valence-electron chi connectivity index (χ1n) is 9.90. The summed E-state index contributed by atoms with van der Waals surface area (Å²) < 4.78 is 0. The lowest BCUT2D eigenvalue weighted by atomic mass is 9.85. The quantitative estimate of drug-likeness (QED) is 0.797. The molecule has 1 amide bonds. The van der Waals surface area contributed by atoms with Crippen LogP contribution in [0.4, 0.5) is 0 Å². The molecule has 0 radical (unpaired) electrons. The molecule has 1 aromatic carbocycles. The summed E-state index contributed by atoms with van der Waals surface area (Å²) in [5.41, 5.74) is 1.35. The van der Waals surface area contributed by atoms with Crippen molar-refractivity contribution in [1.29, 1.82) is 0 Å². The Kier molecular flexibility index (Phi) is 10.7. The molecule has 2 aliphatic heterocycles. The van der Waals surface area contributed by atoms with E-state index in [0.29, 0.717) is 30.2 Å². The van der Waals surface area contributed by atoms with Crippen LogP contribution in [0.1, 0.15) is 38.7 Å². The SMILES string of the molecule is CC(CC(=O)N1CCN(Cc2ccccc2)CC1C)C1CCCNC1.Cl.Cl. The molecule has 2 saturated heterocycles. The highest BCUT2D eigenvalue weighted by molar-refractivity contribution is 5.85. The third-order valence-corrected chi connectivity index (χ3v) is 5.92. The molecule has 1 N–H and O–H groups in total. The van der Waals surface area contributed by atoms with E-state index in [4.69, 9.17) is 0 Å². The fraction of sp³-hybridized carbons (Fsp3) is 0.667. The molecule has 154 valence electrons. The van der Waals surface area contributed by atoms with Gasteiger partial charge in [0.2, 0.25) is 5.91 Å². The van der Waals surface area contributed by atoms with Crippen molar-refractivity contribution in [2.75, 3.05) is 32.7 Å². The number of rotatable bonds is 5. The first kappa shape index (κ1) is 24.2. The summed E-state index contributed by atoms with van der Waals surface area (Å²) in [4.78, 5) is 17.4. The Labute approximate surface area is 176 Å². The van der Waals surface area contributed by atoms with Gasteiger partial charge in [0.1, 0.15) is 0 Å². The molecule has 3 rings (SSSR count). The minimum atomic E-state index is 0. The molecule has 3 unspecified atom stereocenters. The molecule has 1 aromatic rings. The molecule has 2 heterocycles. The van der Waals surface area contributed by atoms with Crippen LogP contribution in [0.5, 0.6) is 0 Å². The van der Waals surface area contributed by atoms with E-state index < -0.39 is 0 Å². The lowest BCUT2D eigenvalue weighted by Crippen LogP contribution is -2.54. The predicted octanol–water partition coefficient (Wildman–Crippen LogP) is 3.59. The third kappa shape index (κ3) is 6.94. The van der Waals surface area contributed by atoms with E-state index in [0.717, 1.165) is 39.3 Å². The number of piperazine rings is 1. The Hall–Kier alpha value is -0.810. The summed E-state index contributed by atoms with van der Waals surface area (Å²) in [7, 11) is 0. The Morgan fingerprint density at radius 1 is 1.22 bits per heavy atom. The zero-order valence-corrected chi connectivity index (χ0v) is 18.2. The van der Waals surface area contributed by atoms with Gasteiger partial charge in [-0.15, -0.1) is 24.8 Å². The van der Waals surface area contributed by atoms with Gasteiger partial charge in [-0.25, -0.2) is 0 Å². The number of amides is 1. The van der Waals surface area contributed by atoms with Crippen LogP contribution in [0.2, 0.25) is 0 Å². The van der Waals surface area contributed by atoms with Gasteiger partial charge in [0, 0.05) is 38.6 Å². The van der Waals surface area contributed by atoms with E-state index in [2.05, 4.69) is 59.3 Å². The van der Waals surface area contributed by atoms with Crippen molar-refractivity contribution in [2.45, 2.75) is 45.7 Å². The minimum Gasteiger partial charge on any atom is -0.337 e. The van der Waals surface area contributed by atoms with Crippen molar-refractivity contribution in [3.63, 3.8) is 0 Å². The van der Waals surface area contributed by atoms with Crippen molar-refractivity contribution in [1.82, 2.24) is 15.1 Å². The van der Waals surface area contributed by atoms with Crippen molar-refractivity contribution in [3.05, 3.63) is 35.9 Å². The first-order chi connectivity index (χ1) is 12.1. The average molecular weight is 416 g/mol. The van der Waals surface area contributed by atoms with E-state index in [9.17, 15) is 4.79 Å². The van der Waals surface area contributed by atoms with E-state index in [1.54, 1.807) is 0 Å². The molecule has 6 heteroatoms. The van der Waals surface area contributed by atoms with Crippen LogP contribution in [0.15, 0.2) is 30.3 Å². The van der Waals surface area contributed by atoms with Gasteiger partial charge in [0.05, 0.1) is 0 Å². The van der Waals surface area contributed by atoms with Gasteiger partial charge in [-0.05, 0) is 50.3 Å². The second kappa shape index (κ2) is 11.9. The smallest absolute Gasteiger partial charge is 0.223 e. The number of benzene rings is 1. The second-order valence-electron chi connectivity index (χ2n) is 7.94. The summed E-state index contributed by atoms with van der Waals surface area (Å²) in [6.07, 6.45) is 3.22. The zero-order chi connectivity index (χ0) is 17.6. The normalized spacial score (nSPS) is 24.4. The fourth-order valence-corrected chi connectivity index (χ4v) is 4.31. The Balaban J connectivity index is 0.00000182. The maximum atomic E-state index is 12.8. The van der Waals surface area contributed by atoms with E-state index in [1.165, 1.54) is 18.4 Å². The predicted molar refractivity (Wildman–Crippen MR) is 117 cm³/mol. The lowest BCUT2D eigenvalue weighted by Gasteiger charge is -2.41. The molecular weight excluding hydrogens is 381 g/mol. The number of carbonyl (C=O) groups excluding carboxylic acids is 1. The van der Waals surface area contributed by atoms with Gasteiger partial charge >= 0.3 is 0 Å². The summed E-state index contributed by atoms with van der Waals surface area (Å²) >= 11 is 0. The lowest BCUT2D eigenvalue weighted by molar-refractivity contribution is -0.137. The molecule has 4 nitrogen and oxygen atoms in total. The van der Waals surface area contributed by atoms with Crippen LogP contribution >= 0.6 is 24.8 Å². The summed E-state index contributed by atoms with van der Waals surface area (Å²) in [6.45, 7) is 10.5. The third-order valence-electron chi connectivity index (χ3n) is 5.92. The average Bonchev–Trinajstić information content (AvgIpc) is 2.63. The van der Waals surface area contributed by atoms with Crippen molar-refractivity contribution >= 4 is 30.7 Å². The number of halogens is 2. The van der Waals surface area contributed by atoms with E-state index in [1.807, 2.05) is 0 Å². The summed E-state index contributed by atoms with van der Waals surface area (Å²) in [6, 6.07) is 10.9. The highest BCUT2D eigenvalue weighted by atomic mass is 35.5. The molecule has 0 spiro atoms. The molecule has 2 aliphatic rings. The van der Waals surface area contributed by atoms with Crippen LogP contribution < -0.4 is 5.32 Å². The van der Waals surface area contributed by atoms with Crippen molar-refractivity contribution < 1.29 is 4.79 Å². The fourth-order valence-electron chi connectivity index (χ4n) is 4.31. The second-order valence-corrected chi connectivity index (χ2v) is 7.94. The van der Waals surface area contributed by atoms with Crippen molar-refractivity contribution in [3.8, 4) is 0 Å². The summed E-state index contributed by atoms with van der Waals surface area (Å²) in [5.74, 6) is 1.49. The minimum absolute atomic E-state index is 0. The van der Waals surface area contributed by atoms with Crippen LogP contribution in [-0.4, -0.2) is 54.5 Å². The maximum absolute atomic E-state index is 12.8. The van der Waals surface area contributed by atoms with E-state index >= 15 is 0 Å². The molecule has 27 heavy (non-hydrogen) atoms. The Bertz CT molecular complexity index is 552. The first-order valence-corrected chi connectivity index (χ1v) is 9.90. The number of hydrogen-bond acceptors (Lipinski definition) is 3. The molecule has 3 atom stereocenters. The van der Waals surface area contributed by atoms with Crippen LogP contribution in [0, 0.1) is 11.8 Å². The number of hydrogen-bond donors (Lipinski definition) is 1. The molecule has 0 aliphatic carbocycles. The van der Waals surface area contributed by atoms with Crippen molar-refractivity contribution in [2.24, 2.45) is 11.8 Å². The maximum Gasteiger partial charge on any atom is 0.223 e. The van der Waals surface area contributed by atoms with Crippen LogP contribution in [0.25, 0.3) is 0 Å². The highest BCUT2D eigenvalue weighted by Gasteiger charge is 2.30. The number of piperidine rings is 1. The Morgan fingerprint density at radius 2 is 1.96 bits per heavy atom. The number of carbonyl (C=O) groups is 1. The molecule has 0 saturated carbocycles. The van der Waals surface area contributed by atoms with Gasteiger partial charge in [-0.1, -0.05) is 37.3 Å². The Morgan fingerprint density at radius 3 is 2.59 bits per heavy atom. The molecule has 2 fully saturated rings. The van der Waals surface area contributed by atoms with Gasteiger partial charge in [-0.2, -0.15) is 0 Å². The van der Waals surface area contributed by atoms with Gasteiger partial charge in [-0.3, -0.25) is 9.69 Å². The molecule has 0 bridgehead atoms. The van der Waals surface area contributed by atoms with E-state index in [-0.39, 0.29) is 24.8 Å². The molecular formula is C21H35Cl2N3O. The standard InChI is InChI=1S/C21H33N3O.2ClH/c1-17(20-9-6-10-22-14-20)13-21(25)24-12-11-23(15-18(24)2)16-19-7-4-3-5-8-19;;/h3-5,7-8,17-18,20,22H,6,9-16H2,1-2H3;2*1H. The number of nitrogens with zero attached hydrogens (tertiary/aromatic N) is 2.